The molecule has 3 aromatic rings. The summed E-state index contributed by atoms with van der Waals surface area (Å²) in [5.41, 5.74) is 2.57. The van der Waals surface area contributed by atoms with E-state index in [1.807, 2.05) is 0 Å². The molecular formula is C24H29N2O4+. The summed E-state index contributed by atoms with van der Waals surface area (Å²) in [6.45, 7) is 6.88. The fraction of sp³-hybridized carbons (Fsp3) is 0.375. The third kappa shape index (κ3) is 4.00. The first-order valence-corrected chi connectivity index (χ1v) is 10.5. The summed E-state index contributed by atoms with van der Waals surface area (Å²) in [6.07, 6.45) is 2.43. The highest BCUT2D eigenvalue weighted by atomic mass is 16.5. The SMILES string of the molecule is COc1ccc(NC(=O)c2c(C)oc3ccc(O)c(C[NH+]4CCC[C@H](C)C4)c23)cc1. The number of phenols is 1. The van der Waals surface area contributed by atoms with Gasteiger partial charge in [0.05, 0.1) is 31.3 Å². The molecule has 0 bridgehead atoms. The third-order valence-corrected chi connectivity index (χ3v) is 5.98. The van der Waals surface area contributed by atoms with Crippen LogP contribution >= 0.6 is 0 Å². The van der Waals surface area contributed by atoms with Crippen LogP contribution in [0, 0.1) is 12.8 Å². The van der Waals surface area contributed by atoms with Crippen LogP contribution in [-0.4, -0.2) is 31.2 Å². The van der Waals surface area contributed by atoms with Crippen LogP contribution in [0.15, 0.2) is 40.8 Å². The maximum atomic E-state index is 13.2. The van der Waals surface area contributed by atoms with Crippen molar-refractivity contribution < 1.29 is 24.0 Å². The number of methoxy groups -OCH3 is 1. The molecule has 2 atom stereocenters. The molecule has 6 heteroatoms. The molecule has 0 saturated carbocycles. The molecular weight excluding hydrogens is 380 g/mol. The Hall–Kier alpha value is -2.99. The van der Waals surface area contributed by atoms with Crippen molar-refractivity contribution in [1.82, 2.24) is 0 Å². The number of fused-ring (bicyclic) bond motifs is 1. The molecule has 1 unspecified atom stereocenters. The zero-order valence-electron chi connectivity index (χ0n) is 17.7. The summed E-state index contributed by atoms with van der Waals surface area (Å²) in [7, 11) is 1.60. The molecule has 0 aliphatic carbocycles. The van der Waals surface area contributed by atoms with E-state index in [0.29, 0.717) is 40.4 Å². The number of likely N-dealkylation sites (tertiary alicyclic amines) is 1. The molecule has 0 spiro atoms. The van der Waals surface area contributed by atoms with Crippen molar-refractivity contribution >= 4 is 22.6 Å². The van der Waals surface area contributed by atoms with Crippen LogP contribution in [0.1, 0.15) is 41.4 Å². The number of amides is 1. The van der Waals surface area contributed by atoms with Crippen LogP contribution in [0.5, 0.6) is 11.5 Å². The van der Waals surface area contributed by atoms with E-state index in [1.165, 1.54) is 17.7 Å². The Kier molecular flexibility index (Phi) is 5.68. The van der Waals surface area contributed by atoms with Crippen LogP contribution in [0.3, 0.4) is 0 Å². The highest BCUT2D eigenvalue weighted by Gasteiger charge is 2.27. The monoisotopic (exact) mass is 409 g/mol. The molecule has 2 heterocycles. The van der Waals surface area contributed by atoms with Crippen LogP contribution < -0.4 is 15.0 Å². The lowest BCUT2D eigenvalue weighted by atomic mass is 9.98. The minimum absolute atomic E-state index is 0.215. The van der Waals surface area contributed by atoms with E-state index >= 15 is 0 Å². The van der Waals surface area contributed by atoms with E-state index in [0.717, 1.165) is 24.4 Å². The molecule has 1 aliphatic rings. The lowest BCUT2D eigenvalue weighted by Crippen LogP contribution is -3.12. The molecule has 30 heavy (non-hydrogen) atoms. The molecule has 3 N–H and O–H groups in total. The number of ether oxygens (including phenoxy) is 1. The van der Waals surface area contributed by atoms with Crippen LogP contribution in [0.25, 0.3) is 11.0 Å². The minimum atomic E-state index is -0.245. The molecule has 1 aliphatic heterocycles. The quantitative estimate of drug-likeness (QED) is 0.603. The lowest BCUT2D eigenvalue weighted by molar-refractivity contribution is -0.922. The van der Waals surface area contributed by atoms with Gasteiger partial charge in [-0.15, -0.1) is 0 Å². The molecule has 4 rings (SSSR count). The van der Waals surface area contributed by atoms with Gasteiger partial charge in [0.25, 0.3) is 5.91 Å². The molecule has 1 aromatic heterocycles. The predicted octanol–water partition coefficient (Wildman–Crippen LogP) is 3.52. The lowest BCUT2D eigenvalue weighted by Gasteiger charge is -2.28. The third-order valence-electron chi connectivity index (χ3n) is 5.98. The summed E-state index contributed by atoms with van der Waals surface area (Å²) in [4.78, 5) is 14.6. The van der Waals surface area contributed by atoms with Crippen molar-refractivity contribution in [2.45, 2.75) is 33.2 Å². The van der Waals surface area contributed by atoms with Gasteiger partial charge in [-0.1, -0.05) is 6.92 Å². The fourth-order valence-electron chi connectivity index (χ4n) is 4.49. The largest absolute Gasteiger partial charge is 0.507 e. The van der Waals surface area contributed by atoms with Gasteiger partial charge in [-0.05, 0) is 56.2 Å². The fourth-order valence-corrected chi connectivity index (χ4v) is 4.49. The number of aromatic hydroxyl groups is 1. The van der Waals surface area contributed by atoms with Crippen molar-refractivity contribution in [2.75, 3.05) is 25.5 Å². The Morgan fingerprint density at radius 2 is 2.03 bits per heavy atom. The van der Waals surface area contributed by atoms with Gasteiger partial charge in [-0.2, -0.15) is 0 Å². The second-order valence-corrected chi connectivity index (χ2v) is 8.28. The first-order valence-electron chi connectivity index (χ1n) is 10.5. The summed E-state index contributed by atoms with van der Waals surface area (Å²) in [5, 5.41) is 14.3. The van der Waals surface area contributed by atoms with Crippen LogP contribution in [-0.2, 0) is 6.54 Å². The number of carbonyl (C=O) groups is 1. The maximum Gasteiger partial charge on any atom is 0.259 e. The van der Waals surface area contributed by atoms with Gasteiger partial charge in [-0.3, -0.25) is 4.79 Å². The van der Waals surface area contributed by atoms with Gasteiger partial charge in [0, 0.05) is 17.0 Å². The van der Waals surface area contributed by atoms with Gasteiger partial charge >= 0.3 is 0 Å². The van der Waals surface area contributed by atoms with E-state index < -0.39 is 0 Å². The summed E-state index contributed by atoms with van der Waals surface area (Å²) in [5.74, 6) is 1.91. The number of hydrogen-bond acceptors (Lipinski definition) is 4. The number of anilines is 1. The highest BCUT2D eigenvalue weighted by molar-refractivity contribution is 6.14. The predicted molar refractivity (Wildman–Crippen MR) is 116 cm³/mol. The first-order chi connectivity index (χ1) is 14.5. The molecule has 2 aromatic carbocycles. The summed E-state index contributed by atoms with van der Waals surface area (Å²) < 4.78 is 11.1. The molecule has 158 valence electrons. The zero-order valence-corrected chi connectivity index (χ0v) is 17.7. The van der Waals surface area contributed by atoms with Crippen molar-refractivity contribution in [3.05, 3.63) is 53.3 Å². The number of rotatable bonds is 5. The van der Waals surface area contributed by atoms with E-state index in [-0.39, 0.29) is 11.7 Å². The number of aryl methyl sites for hydroxylation is 1. The number of hydrogen-bond donors (Lipinski definition) is 3. The number of benzene rings is 2. The topological polar surface area (TPSA) is 76.1 Å². The molecule has 1 fully saturated rings. The Balaban J connectivity index is 1.69. The highest BCUT2D eigenvalue weighted by Crippen LogP contribution is 2.34. The van der Waals surface area contributed by atoms with E-state index in [2.05, 4.69) is 12.2 Å². The van der Waals surface area contributed by atoms with Gasteiger partial charge < -0.3 is 24.5 Å². The first kappa shape index (κ1) is 20.3. The number of piperidine rings is 1. The minimum Gasteiger partial charge on any atom is -0.507 e. The summed E-state index contributed by atoms with van der Waals surface area (Å²) >= 11 is 0. The van der Waals surface area contributed by atoms with Gasteiger partial charge in [0.15, 0.2) is 0 Å². The maximum absolute atomic E-state index is 13.2. The Labute approximate surface area is 176 Å². The Morgan fingerprint density at radius 1 is 1.27 bits per heavy atom. The Bertz CT molecular complexity index is 1060. The standard InChI is InChI=1S/C24H28N2O4/c1-15-5-4-12-26(13-15)14-19-20(27)10-11-21-23(19)22(16(2)30-21)24(28)25-17-6-8-18(29-3)9-7-17/h6-11,15,27H,4-5,12-14H2,1-3H3,(H,25,28)/p+1/t15-/m0/s1. The molecule has 1 saturated heterocycles. The molecule has 1 amide bonds. The summed E-state index contributed by atoms with van der Waals surface area (Å²) in [6, 6.07) is 10.6. The van der Waals surface area contributed by atoms with Gasteiger partial charge in [0.2, 0.25) is 0 Å². The molecule has 0 radical (unpaired) electrons. The average molecular weight is 410 g/mol. The van der Waals surface area contributed by atoms with Crippen molar-refractivity contribution in [1.29, 1.82) is 0 Å². The van der Waals surface area contributed by atoms with Crippen molar-refractivity contribution in [2.24, 2.45) is 5.92 Å². The zero-order chi connectivity index (χ0) is 21.3. The number of nitrogens with one attached hydrogen (secondary N) is 2. The van der Waals surface area contributed by atoms with Crippen LogP contribution in [0.4, 0.5) is 5.69 Å². The number of quaternary nitrogens is 1. The number of phenolic OH excluding ortho intramolecular Hbond substituents is 1. The molecule has 6 nitrogen and oxygen atoms in total. The average Bonchev–Trinajstić information content (AvgIpc) is 3.07. The van der Waals surface area contributed by atoms with E-state index in [9.17, 15) is 9.90 Å². The van der Waals surface area contributed by atoms with E-state index in [4.69, 9.17) is 9.15 Å². The van der Waals surface area contributed by atoms with Gasteiger partial charge in [0.1, 0.15) is 29.4 Å². The van der Waals surface area contributed by atoms with Crippen LogP contribution in [0.2, 0.25) is 0 Å². The normalized spacial score (nSPS) is 19.0. The smallest absolute Gasteiger partial charge is 0.259 e. The number of carbonyl (C=O) groups excluding carboxylic acids is 1. The second kappa shape index (κ2) is 8.40. The van der Waals surface area contributed by atoms with E-state index in [1.54, 1.807) is 50.4 Å². The van der Waals surface area contributed by atoms with Crippen molar-refractivity contribution in [3.8, 4) is 11.5 Å². The Morgan fingerprint density at radius 3 is 2.73 bits per heavy atom. The van der Waals surface area contributed by atoms with Gasteiger partial charge in [-0.25, -0.2) is 0 Å². The van der Waals surface area contributed by atoms with Crippen molar-refractivity contribution in [3.63, 3.8) is 0 Å². The number of furan rings is 1. The second-order valence-electron chi connectivity index (χ2n) is 8.28.